The summed E-state index contributed by atoms with van der Waals surface area (Å²) >= 11 is 6.11. The molecule has 2 heterocycles. The van der Waals surface area contributed by atoms with Crippen molar-refractivity contribution in [3.05, 3.63) is 42.1 Å². The molecule has 0 fully saturated rings. The minimum absolute atomic E-state index is 0.0346. The monoisotopic (exact) mass is 189 g/mol. The quantitative estimate of drug-likeness (QED) is 0.560. The molecule has 0 amide bonds. The number of aromatic nitrogens is 1. The Balaban J connectivity index is 2.44. The second-order valence-electron chi connectivity index (χ2n) is 3.24. The second kappa shape index (κ2) is 2.39. The highest BCUT2D eigenvalue weighted by Crippen LogP contribution is 2.33. The number of hydrogen-bond acceptors (Lipinski definition) is 0. The topological polar surface area (TPSA) is 4.93 Å². The Morgan fingerprint density at radius 1 is 1.23 bits per heavy atom. The van der Waals surface area contributed by atoms with E-state index in [1.807, 2.05) is 24.4 Å². The molecule has 0 aliphatic carbocycles. The standard InChI is InChI=1S/C11H8ClN/c12-9-5-6-13-10-4-2-1-3-8(10)7-11(9)13/h1-7,9H. The van der Waals surface area contributed by atoms with E-state index in [1.165, 1.54) is 16.6 Å². The maximum atomic E-state index is 6.11. The van der Waals surface area contributed by atoms with E-state index in [1.54, 1.807) is 0 Å². The van der Waals surface area contributed by atoms with Gasteiger partial charge < -0.3 is 4.57 Å². The molecule has 0 spiro atoms. The highest BCUT2D eigenvalue weighted by Gasteiger charge is 2.16. The molecule has 1 aliphatic rings. The van der Waals surface area contributed by atoms with Crippen molar-refractivity contribution >= 4 is 28.7 Å². The first-order valence-corrected chi connectivity index (χ1v) is 4.72. The van der Waals surface area contributed by atoms with Crippen LogP contribution in [0.25, 0.3) is 17.1 Å². The maximum absolute atomic E-state index is 6.11. The van der Waals surface area contributed by atoms with Gasteiger partial charge in [0.25, 0.3) is 0 Å². The average Bonchev–Trinajstić information content (AvgIpc) is 2.67. The number of rotatable bonds is 0. The Hall–Kier alpha value is -1.21. The third-order valence-corrected chi connectivity index (χ3v) is 2.83. The lowest BCUT2D eigenvalue weighted by molar-refractivity contribution is 1.10. The number of hydrogen-bond donors (Lipinski definition) is 0. The fraction of sp³-hybridized carbons (Fsp3) is 0.0909. The van der Waals surface area contributed by atoms with Crippen molar-refractivity contribution in [1.82, 2.24) is 4.57 Å². The van der Waals surface area contributed by atoms with Crippen LogP contribution in [-0.2, 0) is 0 Å². The predicted molar refractivity (Wildman–Crippen MR) is 55.9 cm³/mol. The van der Waals surface area contributed by atoms with Crippen LogP contribution in [0.15, 0.2) is 36.4 Å². The number of halogens is 1. The van der Waals surface area contributed by atoms with Gasteiger partial charge in [-0.25, -0.2) is 0 Å². The van der Waals surface area contributed by atoms with Crippen molar-refractivity contribution in [2.45, 2.75) is 5.38 Å². The summed E-state index contributed by atoms with van der Waals surface area (Å²) in [5, 5.41) is 1.29. The molecule has 1 aromatic heterocycles. The van der Waals surface area contributed by atoms with Gasteiger partial charge in [0.15, 0.2) is 0 Å². The zero-order valence-corrected chi connectivity index (χ0v) is 7.70. The SMILES string of the molecule is ClC1C=Cn2c1cc1ccccc12. The van der Waals surface area contributed by atoms with E-state index in [0.29, 0.717) is 0 Å². The molecule has 0 saturated heterocycles. The number of alkyl halides is 1. The molecular weight excluding hydrogens is 182 g/mol. The fourth-order valence-electron chi connectivity index (χ4n) is 1.84. The normalized spacial score (nSPS) is 19.6. The first-order chi connectivity index (χ1) is 6.36. The van der Waals surface area contributed by atoms with Crippen LogP contribution in [0.3, 0.4) is 0 Å². The second-order valence-corrected chi connectivity index (χ2v) is 3.71. The van der Waals surface area contributed by atoms with Crippen molar-refractivity contribution in [1.29, 1.82) is 0 Å². The van der Waals surface area contributed by atoms with E-state index in [0.717, 1.165) is 0 Å². The summed E-state index contributed by atoms with van der Waals surface area (Å²) in [4.78, 5) is 0. The van der Waals surface area contributed by atoms with Gasteiger partial charge in [-0.15, -0.1) is 11.6 Å². The van der Waals surface area contributed by atoms with Crippen molar-refractivity contribution in [2.24, 2.45) is 0 Å². The summed E-state index contributed by atoms with van der Waals surface area (Å²) in [5.41, 5.74) is 2.40. The highest BCUT2D eigenvalue weighted by molar-refractivity contribution is 6.22. The summed E-state index contributed by atoms with van der Waals surface area (Å²) in [6, 6.07) is 10.5. The first-order valence-electron chi connectivity index (χ1n) is 4.28. The highest BCUT2D eigenvalue weighted by atomic mass is 35.5. The van der Waals surface area contributed by atoms with Gasteiger partial charge in [-0.1, -0.05) is 18.2 Å². The third-order valence-electron chi connectivity index (χ3n) is 2.46. The molecule has 1 unspecified atom stereocenters. The van der Waals surface area contributed by atoms with E-state index >= 15 is 0 Å². The lowest BCUT2D eigenvalue weighted by Crippen LogP contribution is -1.86. The van der Waals surface area contributed by atoms with Gasteiger partial charge in [-0.3, -0.25) is 0 Å². The molecule has 0 saturated carbocycles. The molecule has 0 N–H and O–H groups in total. The van der Waals surface area contributed by atoms with Gasteiger partial charge in [0.1, 0.15) is 0 Å². The number of benzene rings is 1. The van der Waals surface area contributed by atoms with Crippen LogP contribution in [0, 0.1) is 0 Å². The van der Waals surface area contributed by atoms with E-state index in [9.17, 15) is 0 Å². The minimum Gasteiger partial charge on any atom is -0.319 e. The number of fused-ring (bicyclic) bond motifs is 3. The van der Waals surface area contributed by atoms with E-state index in [2.05, 4.69) is 22.8 Å². The van der Waals surface area contributed by atoms with Gasteiger partial charge in [0.05, 0.1) is 10.9 Å². The lowest BCUT2D eigenvalue weighted by atomic mass is 10.2. The third kappa shape index (κ3) is 0.879. The van der Waals surface area contributed by atoms with Crippen LogP contribution in [0.4, 0.5) is 0 Å². The van der Waals surface area contributed by atoms with Crippen LogP contribution >= 0.6 is 11.6 Å². The Morgan fingerprint density at radius 3 is 3.00 bits per heavy atom. The molecule has 2 aromatic rings. The van der Waals surface area contributed by atoms with Gasteiger partial charge in [0.2, 0.25) is 0 Å². The van der Waals surface area contributed by atoms with Crippen molar-refractivity contribution in [3.8, 4) is 0 Å². The zero-order valence-electron chi connectivity index (χ0n) is 6.94. The van der Waals surface area contributed by atoms with E-state index in [-0.39, 0.29) is 5.38 Å². The smallest absolute Gasteiger partial charge is 0.0938 e. The molecule has 1 atom stereocenters. The fourth-order valence-corrected chi connectivity index (χ4v) is 2.07. The average molecular weight is 190 g/mol. The van der Waals surface area contributed by atoms with Crippen molar-refractivity contribution < 1.29 is 0 Å². The van der Waals surface area contributed by atoms with Gasteiger partial charge in [-0.05, 0) is 18.2 Å². The van der Waals surface area contributed by atoms with Crippen LogP contribution in [0.1, 0.15) is 11.1 Å². The Bertz CT molecular complexity index is 496. The van der Waals surface area contributed by atoms with Gasteiger partial charge in [0, 0.05) is 17.3 Å². The predicted octanol–water partition coefficient (Wildman–Crippen LogP) is 3.41. The van der Waals surface area contributed by atoms with Gasteiger partial charge >= 0.3 is 0 Å². The maximum Gasteiger partial charge on any atom is 0.0938 e. The largest absolute Gasteiger partial charge is 0.319 e. The molecule has 13 heavy (non-hydrogen) atoms. The lowest BCUT2D eigenvalue weighted by Gasteiger charge is -1.97. The number of para-hydroxylation sites is 1. The van der Waals surface area contributed by atoms with E-state index in [4.69, 9.17) is 11.6 Å². The molecule has 1 nitrogen and oxygen atoms in total. The van der Waals surface area contributed by atoms with Gasteiger partial charge in [-0.2, -0.15) is 0 Å². The van der Waals surface area contributed by atoms with Crippen LogP contribution in [-0.4, -0.2) is 4.57 Å². The molecule has 2 heteroatoms. The Labute approximate surface area is 81.2 Å². The van der Waals surface area contributed by atoms with Crippen LogP contribution in [0.5, 0.6) is 0 Å². The van der Waals surface area contributed by atoms with E-state index < -0.39 is 0 Å². The zero-order chi connectivity index (χ0) is 8.84. The molecule has 3 rings (SSSR count). The van der Waals surface area contributed by atoms with Crippen LogP contribution < -0.4 is 0 Å². The summed E-state index contributed by atoms with van der Waals surface area (Å²) in [6.07, 6.45) is 4.04. The van der Waals surface area contributed by atoms with Crippen molar-refractivity contribution in [2.75, 3.05) is 0 Å². The summed E-state index contributed by atoms with van der Waals surface area (Å²) in [6.45, 7) is 0. The minimum atomic E-state index is 0.0346. The Kier molecular flexibility index (Phi) is 1.33. The van der Waals surface area contributed by atoms with Crippen molar-refractivity contribution in [3.63, 3.8) is 0 Å². The summed E-state index contributed by atoms with van der Waals surface area (Å²) in [7, 11) is 0. The summed E-state index contributed by atoms with van der Waals surface area (Å²) in [5.74, 6) is 0. The molecule has 0 bridgehead atoms. The summed E-state index contributed by atoms with van der Waals surface area (Å²) < 4.78 is 2.15. The number of nitrogens with zero attached hydrogens (tertiary/aromatic N) is 1. The molecule has 0 radical (unpaired) electrons. The first kappa shape index (κ1) is 7.22. The van der Waals surface area contributed by atoms with Crippen LogP contribution in [0.2, 0.25) is 0 Å². The Morgan fingerprint density at radius 2 is 2.08 bits per heavy atom. The molecule has 1 aromatic carbocycles. The number of allylic oxidation sites excluding steroid dienone is 1. The molecular formula is C11H8ClN. The molecule has 1 aliphatic heterocycles. The molecule has 64 valence electrons.